The Kier molecular flexibility index (Phi) is 2.71. The van der Waals surface area contributed by atoms with Gasteiger partial charge in [0.1, 0.15) is 0 Å². The lowest BCUT2D eigenvalue weighted by Gasteiger charge is -2.22. The van der Waals surface area contributed by atoms with E-state index in [2.05, 4.69) is 84.1 Å². The van der Waals surface area contributed by atoms with Crippen LogP contribution in [0.2, 0.25) is 0 Å². The van der Waals surface area contributed by atoms with E-state index in [0.717, 1.165) is 0 Å². The molecule has 1 aliphatic rings. The van der Waals surface area contributed by atoms with Gasteiger partial charge in [-0.25, -0.2) is 0 Å². The van der Waals surface area contributed by atoms with Crippen molar-refractivity contribution < 1.29 is 0 Å². The zero-order valence-corrected chi connectivity index (χ0v) is 12.1. The number of fused-ring (bicyclic) bond motifs is 3. The fourth-order valence-corrected chi connectivity index (χ4v) is 3.52. The highest BCUT2D eigenvalue weighted by Crippen LogP contribution is 2.47. The molecule has 0 aliphatic heterocycles. The topological polar surface area (TPSA) is 3.24 Å². The molecule has 0 aromatic heterocycles. The van der Waals surface area contributed by atoms with Gasteiger partial charge in [0.2, 0.25) is 0 Å². The lowest BCUT2D eigenvalue weighted by Crippen LogP contribution is -2.19. The fourth-order valence-electron chi connectivity index (χ4n) is 2.72. The Morgan fingerprint density at radius 2 is 1.65 bits per heavy atom. The molecule has 1 atom stereocenters. The maximum atomic E-state index is 2.45. The van der Waals surface area contributed by atoms with Crippen LogP contribution in [0, 0.1) is 3.57 Å². The van der Waals surface area contributed by atoms with Crippen LogP contribution in [0.15, 0.2) is 42.5 Å². The maximum absolute atomic E-state index is 2.45. The van der Waals surface area contributed by atoms with Crippen molar-refractivity contribution in [1.29, 1.82) is 0 Å². The second kappa shape index (κ2) is 4.10. The minimum atomic E-state index is 0.397. The quantitative estimate of drug-likeness (QED) is 0.714. The summed E-state index contributed by atoms with van der Waals surface area (Å²) in [7, 11) is 4.30. The summed E-state index contributed by atoms with van der Waals surface area (Å²) in [6.07, 6.45) is 0. The van der Waals surface area contributed by atoms with Gasteiger partial charge in [0.05, 0.1) is 6.04 Å². The van der Waals surface area contributed by atoms with Crippen LogP contribution in [0.5, 0.6) is 0 Å². The molecule has 2 aromatic rings. The van der Waals surface area contributed by atoms with Gasteiger partial charge in [0, 0.05) is 3.57 Å². The van der Waals surface area contributed by atoms with Crippen molar-refractivity contribution in [3.63, 3.8) is 0 Å². The second-order valence-electron chi connectivity index (χ2n) is 4.65. The molecule has 1 unspecified atom stereocenters. The molecule has 0 amide bonds. The summed E-state index contributed by atoms with van der Waals surface area (Å²) >= 11 is 2.45. The van der Waals surface area contributed by atoms with Crippen LogP contribution < -0.4 is 0 Å². The highest BCUT2D eigenvalue weighted by Gasteiger charge is 2.31. The average Bonchev–Trinajstić information content (AvgIpc) is 2.65. The van der Waals surface area contributed by atoms with Gasteiger partial charge < -0.3 is 0 Å². The van der Waals surface area contributed by atoms with Crippen molar-refractivity contribution in [3.05, 3.63) is 57.2 Å². The molecule has 0 heterocycles. The Morgan fingerprint density at radius 3 is 2.41 bits per heavy atom. The molecule has 0 fully saturated rings. The number of nitrogens with zero attached hydrogens (tertiary/aromatic N) is 1. The maximum Gasteiger partial charge on any atom is 0.0619 e. The van der Waals surface area contributed by atoms with Crippen molar-refractivity contribution in [2.75, 3.05) is 14.1 Å². The molecule has 0 radical (unpaired) electrons. The first kappa shape index (κ1) is 11.2. The van der Waals surface area contributed by atoms with Gasteiger partial charge in [0.15, 0.2) is 0 Å². The molecule has 86 valence electrons. The summed E-state index contributed by atoms with van der Waals surface area (Å²) < 4.78 is 1.36. The number of benzene rings is 2. The summed E-state index contributed by atoms with van der Waals surface area (Å²) in [5.41, 5.74) is 5.67. The fraction of sp³-hybridized carbons (Fsp3) is 0.200. The second-order valence-corrected chi connectivity index (χ2v) is 5.82. The van der Waals surface area contributed by atoms with E-state index in [1.807, 2.05) is 0 Å². The molecule has 0 spiro atoms. The van der Waals surface area contributed by atoms with Crippen LogP contribution in [0.3, 0.4) is 0 Å². The molecule has 3 rings (SSSR count). The van der Waals surface area contributed by atoms with E-state index in [0.29, 0.717) is 6.04 Å². The van der Waals surface area contributed by atoms with Crippen LogP contribution in [-0.4, -0.2) is 19.0 Å². The Labute approximate surface area is 116 Å². The first-order chi connectivity index (χ1) is 8.20. The zero-order valence-electron chi connectivity index (χ0n) is 9.94. The summed E-state index contributed by atoms with van der Waals surface area (Å²) in [5, 5.41) is 0. The summed E-state index contributed by atoms with van der Waals surface area (Å²) in [4.78, 5) is 2.30. The smallest absolute Gasteiger partial charge is 0.0619 e. The molecule has 0 saturated carbocycles. The predicted molar refractivity (Wildman–Crippen MR) is 80.1 cm³/mol. The molecule has 1 aliphatic carbocycles. The van der Waals surface area contributed by atoms with E-state index in [9.17, 15) is 0 Å². The number of rotatable bonds is 1. The van der Waals surface area contributed by atoms with E-state index in [1.165, 1.54) is 25.8 Å². The third kappa shape index (κ3) is 1.62. The molecule has 2 aromatic carbocycles. The first-order valence-electron chi connectivity index (χ1n) is 5.74. The molecule has 0 bridgehead atoms. The Bertz CT molecular complexity index is 575. The Hall–Kier alpha value is -0.870. The largest absolute Gasteiger partial charge is 0.298 e. The van der Waals surface area contributed by atoms with Crippen molar-refractivity contribution in [2.45, 2.75) is 6.04 Å². The molecular formula is C15H14IN. The predicted octanol–water partition coefficient (Wildman–Crippen LogP) is 3.92. The number of hydrogen-bond acceptors (Lipinski definition) is 1. The van der Waals surface area contributed by atoms with Crippen LogP contribution >= 0.6 is 22.6 Å². The third-order valence-electron chi connectivity index (χ3n) is 3.39. The minimum Gasteiger partial charge on any atom is -0.298 e. The van der Waals surface area contributed by atoms with E-state index < -0.39 is 0 Å². The van der Waals surface area contributed by atoms with Crippen molar-refractivity contribution in [2.24, 2.45) is 0 Å². The normalized spacial score (nSPS) is 17.1. The van der Waals surface area contributed by atoms with Gasteiger partial charge in [-0.2, -0.15) is 0 Å². The van der Waals surface area contributed by atoms with E-state index >= 15 is 0 Å². The van der Waals surface area contributed by atoms with Crippen molar-refractivity contribution in [3.8, 4) is 11.1 Å². The molecule has 0 saturated heterocycles. The SMILES string of the molecule is CN(C)C1c2ccccc2-c2cccc(I)c21. The summed E-state index contributed by atoms with van der Waals surface area (Å²) in [6.45, 7) is 0. The number of halogens is 1. The Balaban J connectivity index is 2.34. The van der Waals surface area contributed by atoms with Gasteiger partial charge in [-0.3, -0.25) is 4.90 Å². The van der Waals surface area contributed by atoms with Gasteiger partial charge in [-0.15, -0.1) is 0 Å². The van der Waals surface area contributed by atoms with Gasteiger partial charge in [-0.1, -0.05) is 36.4 Å². The van der Waals surface area contributed by atoms with Gasteiger partial charge >= 0.3 is 0 Å². The molecule has 0 N–H and O–H groups in total. The van der Waals surface area contributed by atoms with Crippen LogP contribution in [0.4, 0.5) is 0 Å². The monoisotopic (exact) mass is 335 g/mol. The van der Waals surface area contributed by atoms with Crippen LogP contribution in [0.25, 0.3) is 11.1 Å². The van der Waals surface area contributed by atoms with Crippen molar-refractivity contribution in [1.82, 2.24) is 4.90 Å². The standard InChI is InChI=1S/C15H14IN/c1-17(2)15-12-7-4-3-6-10(12)11-8-5-9-13(16)14(11)15/h3-9,15H,1-2H3. The molecule has 1 nitrogen and oxygen atoms in total. The lowest BCUT2D eigenvalue weighted by atomic mass is 10.0. The zero-order chi connectivity index (χ0) is 12.0. The number of hydrogen-bond donors (Lipinski definition) is 0. The van der Waals surface area contributed by atoms with E-state index in [4.69, 9.17) is 0 Å². The molecule has 2 heteroatoms. The third-order valence-corrected chi connectivity index (χ3v) is 4.33. The van der Waals surface area contributed by atoms with Crippen LogP contribution in [0.1, 0.15) is 17.2 Å². The van der Waals surface area contributed by atoms with E-state index in [1.54, 1.807) is 0 Å². The summed E-state index contributed by atoms with van der Waals surface area (Å²) in [6, 6.07) is 15.7. The Morgan fingerprint density at radius 1 is 0.941 bits per heavy atom. The van der Waals surface area contributed by atoms with Gasteiger partial charge in [0.25, 0.3) is 0 Å². The minimum absolute atomic E-state index is 0.397. The van der Waals surface area contributed by atoms with E-state index in [-0.39, 0.29) is 0 Å². The lowest BCUT2D eigenvalue weighted by molar-refractivity contribution is 0.347. The van der Waals surface area contributed by atoms with Crippen LogP contribution in [-0.2, 0) is 0 Å². The first-order valence-corrected chi connectivity index (χ1v) is 6.82. The highest BCUT2D eigenvalue weighted by atomic mass is 127. The average molecular weight is 335 g/mol. The summed E-state index contributed by atoms with van der Waals surface area (Å²) in [5.74, 6) is 0. The van der Waals surface area contributed by atoms with Gasteiger partial charge in [-0.05, 0) is 65.0 Å². The molecular weight excluding hydrogens is 321 g/mol. The van der Waals surface area contributed by atoms with Crippen molar-refractivity contribution >= 4 is 22.6 Å². The highest BCUT2D eigenvalue weighted by molar-refractivity contribution is 14.1. The molecule has 17 heavy (non-hydrogen) atoms.